The Kier molecular flexibility index (Phi) is 8.84. The monoisotopic (exact) mass is 814 g/mol. The number of aromatic nitrogens is 3. The van der Waals surface area contributed by atoms with E-state index >= 15 is 0 Å². The van der Waals surface area contributed by atoms with Gasteiger partial charge in [0.05, 0.1) is 39.4 Å². The lowest BCUT2D eigenvalue weighted by Gasteiger charge is -2.19. The highest BCUT2D eigenvalue weighted by atomic mass is 15.0. The molecule has 0 atom stereocenters. The zero-order valence-electron chi connectivity index (χ0n) is 34.7. The van der Waals surface area contributed by atoms with Gasteiger partial charge < -0.3 is 9.13 Å². The van der Waals surface area contributed by atoms with Crippen molar-refractivity contribution in [1.29, 1.82) is 5.26 Å². The molecule has 0 saturated heterocycles. The number of nitrogens with zero attached hydrogens (tertiary/aromatic N) is 4. The molecule has 12 aromatic rings. The maximum atomic E-state index is 11.3. The molecule has 0 bridgehead atoms. The normalized spacial score (nSPS) is 11.4. The molecule has 3 aromatic heterocycles. The molecule has 4 heteroatoms. The third-order valence-electron chi connectivity index (χ3n) is 12.7. The van der Waals surface area contributed by atoms with E-state index in [1.807, 2.05) is 12.1 Å². The fourth-order valence-corrected chi connectivity index (χ4v) is 10.0. The number of nitriles is 1. The number of fused-ring (bicyclic) bond motifs is 6. The van der Waals surface area contributed by atoms with Crippen LogP contribution < -0.4 is 0 Å². The molecule has 0 N–H and O–H groups in total. The molecule has 9 aromatic carbocycles. The average Bonchev–Trinajstić information content (AvgIpc) is 3.90. The Balaban J connectivity index is 1.17. The summed E-state index contributed by atoms with van der Waals surface area (Å²) < 4.78 is 4.71. The van der Waals surface area contributed by atoms with Crippen LogP contribution in [-0.4, -0.2) is 14.1 Å². The topological polar surface area (TPSA) is 46.5 Å². The average molecular weight is 815 g/mol. The van der Waals surface area contributed by atoms with Crippen LogP contribution in [0, 0.1) is 11.3 Å². The Morgan fingerprint density at radius 2 is 0.797 bits per heavy atom. The molecule has 3 heterocycles. The lowest BCUT2D eigenvalue weighted by molar-refractivity contribution is 1.13. The first-order valence-electron chi connectivity index (χ1n) is 21.6. The summed E-state index contributed by atoms with van der Waals surface area (Å²) in [7, 11) is 0. The van der Waals surface area contributed by atoms with Crippen LogP contribution in [0.2, 0.25) is 0 Å². The molecule has 0 unspecified atom stereocenters. The van der Waals surface area contributed by atoms with Crippen molar-refractivity contribution in [1.82, 2.24) is 14.1 Å². The molecule has 0 aliphatic heterocycles. The van der Waals surface area contributed by atoms with Crippen molar-refractivity contribution in [3.63, 3.8) is 0 Å². The number of rotatable bonds is 7. The van der Waals surface area contributed by atoms with Gasteiger partial charge in [-0.05, 0) is 98.6 Å². The van der Waals surface area contributed by atoms with Crippen LogP contribution in [0.5, 0.6) is 0 Å². The lowest BCUT2D eigenvalue weighted by Crippen LogP contribution is -2.04. The standard InChI is InChI=1S/C60H38N4/c61-39-43-37-44(63-53-29-13-11-25-51(53)59-49(27-15-31-55(59)63)47-23-9-7-21-45(47)40-17-3-1-4-18-40)38-57(58(43)42-33-35-62-36-34-42)64-54-30-14-12-26-52(54)60-50(28-16-32-56(60)64)48-24-10-8-22-46(48)41-19-5-2-6-20-41/h1-38H. The van der Waals surface area contributed by atoms with Gasteiger partial charge in [0.1, 0.15) is 0 Å². The Bertz CT molecular complexity index is 3780. The highest BCUT2D eigenvalue weighted by Crippen LogP contribution is 2.46. The fraction of sp³-hybridized carbons (Fsp3) is 0. The van der Waals surface area contributed by atoms with E-state index < -0.39 is 0 Å². The van der Waals surface area contributed by atoms with E-state index in [0.717, 1.165) is 77.4 Å². The minimum atomic E-state index is 0.576. The molecule has 0 radical (unpaired) electrons. The summed E-state index contributed by atoms with van der Waals surface area (Å²) in [6.45, 7) is 0. The quantitative estimate of drug-likeness (QED) is 0.161. The summed E-state index contributed by atoms with van der Waals surface area (Å²) in [4.78, 5) is 4.39. The van der Waals surface area contributed by atoms with Gasteiger partial charge in [-0.25, -0.2) is 0 Å². The summed E-state index contributed by atoms with van der Waals surface area (Å²) in [5, 5.41) is 15.9. The van der Waals surface area contributed by atoms with Gasteiger partial charge >= 0.3 is 0 Å². The van der Waals surface area contributed by atoms with E-state index in [9.17, 15) is 5.26 Å². The molecule has 64 heavy (non-hydrogen) atoms. The molecule has 4 nitrogen and oxygen atoms in total. The van der Waals surface area contributed by atoms with Crippen LogP contribution in [0.4, 0.5) is 0 Å². The Hall–Kier alpha value is -8.78. The number of pyridine rings is 1. The van der Waals surface area contributed by atoms with Gasteiger partial charge in [0.25, 0.3) is 0 Å². The number of hydrogen-bond acceptors (Lipinski definition) is 2. The molecule has 0 spiro atoms. The molecule has 0 amide bonds. The largest absolute Gasteiger partial charge is 0.309 e. The van der Waals surface area contributed by atoms with Gasteiger partial charge in [0.2, 0.25) is 0 Å². The van der Waals surface area contributed by atoms with Crippen molar-refractivity contribution in [3.05, 3.63) is 236 Å². The Morgan fingerprint density at radius 1 is 0.359 bits per heavy atom. The molecule has 0 aliphatic rings. The summed E-state index contributed by atoms with van der Waals surface area (Å²) in [6.07, 6.45) is 3.61. The molecule has 0 fully saturated rings. The fourth-order valence-electron chi connectivity index (χ4n) is 10.0. The van der Waals surface area contributed by atoms with Crippen LogP contribution in [0.25, 0.3) is 111 Å². The molecular weight excluding hydrogens is 777 g/mol. The van der Waals surface area contributed by atoms with Crippen LogP contribution in [0.15, 0.2) is 231 Å². The van der Waals surface area contributed by atoms with E-state index in [0.29, 0.717) is 5.56 Å². The van der Waals surface area contributed by atoms with Gasteiger partial charge in [-0.1, -0.05) is 170 Å². The van der Waals surface area contributed by atoms with E-state index in [4.69, 9.17) is 0 Å². The van der Waals surface area contributed by atoms with Crippen LogP contribution in [0.3, 0.4) is 0 Å². The van der Waals surface area contributed by atoms with E-state index in [2.05, 4.69) is 226 Å². The third-order valence-corrected chi connectivity index (χ3v) is 12.7. The highest BCUT2D eigenvalue weighted by molar-refractivity contribution is 6.18. The predicted molar refractivity (Wildman–Crippen MR) is 265 cm³/mol. The van der Waals surface area contributed by atoms with Crippen LogP contribution in [0.1, 0.15) is 5.56 Å². The van der Waals surface area contributed by atoms with E-state index in [1.165, 1.54) is 33.2 Å². The second kappa shape index (κ2) is 15.3. The first-order valence-corrected chi connectivity index (χ1v) is 21.6. The maximum Gasteiger partial charge on any atom is 0.0999 e. The summed E-state index contributed by atoms with van der Waals surface area (Å²) in [6, 6.07) is 80.2. The van der Waals surface area contributed by atoms with Gasteiger partial charge in [0, 0.05) is 45.2 Å². The first-order chi connectivity index (χ1) is 31.8. The second-order valence-electron chi connectivity index (χ2n) is 16.2. The SMILES string of the molecule is N#Cc1cc(-n2c3ccccc3c3c(-c4ccccc4-c4ccccc4)cccc32)cc(-n2c3ccccc3c3c(-c4ccccc4-c4ccccc4)cccc32)c1-c1ccncc1. The zero-order chi connectivity index (χ0) is 42.6. The highest BCUT2D eigenvalue weighted by Gasteiger charge is 2.24. The number of hydrogen-bond donors (Lipinski definition) is 0. The van der Waals surface area contributed by atoms with Crippen molar-refractivity contribution >= 4 is 43.6 Å². The van der Waals surface area contributed by atoms with Gasteiger partial charge in [-0.3, -0.25) is 4.98 Å². The van der Waals surface area contributed by atoms with Gasteiger partial charge in [-0.15, -0.1) is 0 Å². The minimum absolute atomic E-state index is 0.576. The van der Waals surface area contributed by atoms with Gasteiger partial charge in [-0.2, -0.15) is 5.26 Å². The van der Waals surface area contributed by atoms with Crippen molar-refractivity contribution < 1.29 is 0 Å². The van der Waals surface area contributed by atoms with Crippen molar-refractivity contribution in [2.24, 2.45) is 0 Å². The Morgan fingerprint density at radius 3 is 1.34 bits per heavy atom. The molecule has 12 rings (SSSR count). The molecule has 0 saturated carbocycles. The van der Waals surface area contributed by atoms with Crippen LogP contribution in [-0.2, 0) is 0 Å². The molecule has 298 valence electrons. The van der Waals surface area contributed by atoms with E-state index in [-0.39, 0.29) is 0 Å². The first kappa shape index (κ1) is 37.0. The number of para-hydroxylation sites is 2. The maximum absolute atomic E-state index is 11.3. The Labute approximate surface area is 370 Å². The number of benzene rings is 9. The predicted octanol–water partition coefficient (Wildman–Crippen LogP) is 15.5. The zero-order valence-corrected chi connectivity index (χ0v) is 34.7. The summed E-state index contributed by atoms with van der Waals surface area (Å²) in [5.41, 5.74) is 17.8. The minimum Gasteiger partial charge on any atom is -0.309 e. The van der Waals surface area contributed by atoms with E-state index in [1.54, 1.807) is 12.4 Å². The third kappa shape index (κ3) is 5.87. The van der Waals surface area contributed by atoms with Gasteiger partial charge in [0.15, 0.2) is 0 Å². The molecule has 0 aliphatic carbocycles. The van der Waals surface area contributed by atoms with Crippen molar-refractivity contribution in [2.75, 3.05) is 0 Å². The molecular formula is C60H38N4. The van der Waals surface area contributed by atoms with Crippen molar-refractivity contribution in [2.45, 2.75) is 0 Å². The smallest absolute Gasteiger partial charge is 0.0999 e. The lowest BCUT2D eigenvalue weighted by atomic mass is 9.92. The van der Waals surface area contributed by atoms with Crippen molar-refractivity contribution in [3.8, 4) is 73.1 Å². The van der Waals surface area contributed by atoms with Crippen LogP contribution >= 0.6 is 0 Å². The second-order valence-corrected chi connectivity index (χ2v) is 16.2. The summed E-state index contributed by atoms with van der Waals surface area (Å²) in [5.74, 6) is 0. The summed E-state index contributed by atoms with van der Waals surface area (Å²) >= 11 is 0.